The van der Waals surface area contributed by atoms with Crippen molar-refractivity contribution in [3.05, 3.63) is 0 Å². The van der Waals surface area contributed by atoms with Crippen LogP contribution in [0.4, 0.5) is 0 Å². The molecule has 0 aromatic rings. The summed E-state index contributed by atoms with van der Waals surface area (Å²) < 4.78 is 0. The van der Waals surface area contributed by atoms with E-state index in [4.69, 9.17) is 0 Å². The van der Waals surface area contributed by atoms with Crippen molar-refractivity contribution in [1.29, 1.82) is 0 Å². The second kappa shape index (κ2) is 4.94. The number of hydrogen-bond acceptors (Lipinski definition) is 3. The molecule has 1 saturated carbocycles. The maximum atomic E-state index is 11.8. The molecule has 1 aliphatic carbocycles. The van der Waals surface area contributed by atoms with Crippen molar-refractivity contribution in [2.24, 2.45) is 5.92 Å². The van der Waals surface area contributed by atoms with Gasteiger partial charge in [0, 0.05) is 31.6 Å². The summed E-state index contributed by atoms with van der Waals surface area (Å²) in [7, 11) is 0. The summed E-state index contributed by atoms with van der Waals surface area (Å²) >= 11 is 0. The number of hydrogen-bond donors (Lipinski definition) is 2. The fourth-order valence-corrected chi connectivity index (χ4v) is 3.08. The van der Waals surface area contributed by atoms with Crippen molar-refractivity contribution in [2.45, 2.75) is 44.2 Å². The van der Waals surface area contributed by atoms with Crippen LogP contribution in [0.5, 0.6) is 0 Å². The lowest BCUT2D eigenvalue weighted by molar-refractivity contribution is -0.123. The van der Waals surface area contributed by atoms with Gasteiger partial charge in [-0.3, -0.25) is 4.79 Å². The van der Waals surface area contributed by atoms with Crippen LogP contribution in [0.2, 0.25) is 0 Å². The number of carbonyl (C=O) groups is 1. The fourth-order valence-electron chi connectivity index (χ4n) is 3.08. The average Bonchev–Trinajstić information content (AvgIpc) is 3.14. The van der Waals surface area contributed by atoms with Gasteiger partial charge in [0.2, 0.25) is 5.91 Å². The Labute approximate surface area is 103 Å². The molecule has 2 bridgehead atoms. The Kier molecular flexibility index (Phi) is 3.34. The summed E-state index contributed by atoms with van der Waals surface area (Å²) in [6.45, 7) is 4.39. The van der Waals surface area contributed by atoms with Gasteiger partial charge in [0.25, 0.3) is 0 Å². The van der Waals surface area contributed by atoms with Gasteiger partial charge in [-0.1, -0.05) is 0 Å². The van der Waals surface area contributed by atoms with E-state index in [1.54, 1.807) is 0 Å². The van der Waals surface area contributed by atoms with Crippen molar-refractivity contribution in [1.82, 2.24) is 15.5 Å². The first-order valence-electron chi connectivity index (χ1n) is 7.06. The van der Waals surface area contributed by atoms with Crippen molar-refractivity contribution < 1.29 is 4.79 Å². The van der Waals surface area contributed by atoms with Crippen molar-refractivity contribution >= 4 is 5.91 Å². The van der Waals surface area contributed by atoms with Crippen LogP contribution in [-0.4, -0.2) is 49.1 Å². The minimum Gasteiger partial charge on any atom is -0.352 e. The molecule has 4 heteroatoms. The van der Waals surface area contributed by atoms with Crippen LogP contribution in [-0.2, 0) is 4.79 Å². The van der Waals surface area contributed by atoms with E-state index in [9.17, 15) is 4.79 Å². The molecule has 2 N–H and O–H groups in total. The summed E-state index contributed by atoms with van der Waals surface area (Å²) in [5.74, 6) is 0.970. The number of rotatable bonds is 5. The van der Waals surface area contributed by atoms with Gasteiger partial charge < -0.3 is 15.5 Å². The zero-order valence-corrected chi connectivity index (χ0v) is 10.5. The standard InChI is InChI=1S/C13H23N3O/c17-13(3-6-14-11-1-2-11)15-12-9-16-7-4-10(12)5-8-16/h10-12,14H,1-9H2,(H,15,17). The Morgan fingerprint density at radius 1 is 1.18 bits per heavy atom. The van der Waals surface area contributed by atoms with Crippen LogP contribution in [0.15, 0.2) is 0 Å². The van der Waals surface area contributed by atoms with Crippen LogP contribution < -0.4 is 10.6 Å². The molecule has 17 heavy (non-hydrogen) atoms. The van der Waals surface area contributed by atoms with E-state index in [-0.39, 0.29) is 5.91 Å². The van der Waals surface area contributed by atoms with E-state index in [0.29, 0.717) is 18.5 Å². The van der Waals surface area contributed by atoms with E-state index >= 15 is 0 Å². The highest BCUT2D eigenvalue weighted by Crippen LogP contribution is 2.27. The van der Waals surface area contributed by atoms with Gasteiger partial charge in [0.05, 0.1) is 0 Å². The monoisotopic (exact) mass is 237 g/mol. The molecule has 0 aromatic carbocycles. The normalized spacial score (nSPS) is 35.9. The largest absolute Gasteiger partial charge is 0.352 e. The SMILES string of the molecule is O=C(CCNC1CC1)NC1CN2CCC1CC2. The van der Waals surface area contributed by atoms with Gasteiger partial charge in [0.15, 0.2) is 0 Å². The summed E-state index contributed by atoms with van der Waals surface area (Å²) in [4.78, 5) is 14.3. The molecule has 96 valence electrons. The molecule has 3 aliphatic heterocycles. The Morgan fingerprint density at radius 3 is 2.53 bits per heavy atom. The summed E-state index contributed by atoms with van der Waals surface area (Å²) in [6, 6.07) is 1.13. The van der Waals surface area contributed by atoms with Crippen LogP contribution in [0, 0.1) is 5.92 Å². The molecule has 1 amide bonds. The molecule has 3 saturated heterocycles. The second-order valence-corrected chi connectivity index (χ2v) is 5.79. The lowest BCUT2D eigenvalue weighted by Gasteiger charge is -2.44. The third-order valence-corrected chi connectivity index (χ3v) is 4.36. The van der Waals surface area contributed by atoms with Crippen LogP contribution in [0.25, 0.3) is 0 Å². The number of nitrogens with zero attached hydrogens (tertiary/aromatic N) is 1. The van der Waals surface area contributed by atoms with E-state index in [1.165, 1.54) is 38.8 Å². The number of carbonyl (C=O) groups excluding carboxylic acids is 1. The number of amides is 1. The first-order chi connectivity index (χ1) is 8.31. The van der Waals surface area contributed by atoms with Gasteiger partial charge in [-0.25, -0.2) is 0 Å². The predicted octanol–water partition coefficient (Wildman–Crippen LogP) is 0.339. The van der Waals surface area contributed by atoms with Crippen LogP contribution in [0.1, 0.15) is 32.1 Å². The predicted molar refractivity (Wildman–Crippen MR) is 66.7 cm³/mol. The quantitative estimate of drug-likeness (QED) is 0.725. The minimum atomic E-state index is 0.233. The van der Waals surface area contributed by atoms with E-state index in [2.05, 4.69) is 15.5 Å². The molecule has 4 nitrogen and oxygen atoms in total. The molecule has 4 aliphatic rings. The first kappa shape index (κ1) is 11.5. The Hall–Kier alpha value is -0.610. The minimum absolute atomic E-state index is 0.233. The van der Waals surface area contributed by atoms with Crippen molar-refractivity contribution in [2.75, 3.05) is 26.2 Å². The first-order valence-corrected chi connectivity index (χ1v) is 7.06. The van der Waals surface area contributed by atoms with Gasteiger partial charge in [-0.2, -0.15) is 0 Å². The molecule has 0 radical (unpaired) electrons. The van der Waals surface area contributed by atoms with E-state index in [1.807, 2.05) is 0 Å². The molecule has 0 aromatic heterocycles. The van der Waals surface area contributed by atoms with E-state index < -0.39 is 0 Å². The highest BCUT2D eigenvalue weighted by molar-refractivity contribution is 5.76. The summed E-state index contributed by atoms with van der Waals surface area (Å²) in [5, 5.41) is 6.61. The van der Waals surface area contributed by atoms with Gasteiger partial charge >= 0.3 is 0 Å². The van der Waals surface area contributed by atoms with Crippen LogP contribution in [0.3, 0.4) is 0 Å². The van der Waals surface area contributed by atoms with Gasteiger partial charge in [-0.15, -0.1) is 0 Å². The molecular weight excluding hydrogens is 214 g/mol. The third-order valence-electron chi connectivity index (χ3n) is 4.36. The average molecular weight is 237 g/mol. The summed E-state index contributed by atoms with van der Waals surface area (Å²) in [5.41, 5.74) is 0. The van der Waals surface area contributed by atoms with Gasteiger partial charge in [-0.05, 0) is 44.7 Å². The maximum Gasteiger partial charge on any atom is 0.221 e. The molecule has 1 atom stereocenters. The Bertz CT molecular complexity index is 282. The fraction of sp³-hybridized carbons (Fsp3) is 0.923. The maximum absolute atomic E-state index is 11.8. The number of piperidine rings is 3. The molecular formula is C13H23N3O. The Balaban J connectivity index is 1.38. The van der Waals surface area contributed by atoms with Crippen LogP contribution >= 0.6 is 0 Å². The molecule has 3 heterocycles. The molecule has 4 fully saturated rings. The zero-order chi connectivity index (χ0) is 11.7. The Morgan fingerprint density at radius 2 is 1.94 bits per heavy atom. The topological polar surface area (TPSA) is 44.4 Å². The highest BCUT2D eigenvalue weighted by Gasteiger charge is 2.34. The number of fused-ring (bicyclic) bond motifs is 3. The second-order valence-electron chi connectivity index (χ2n) is 5.79. The van der Waals surface area contributed by atoms with Crippen molar-refractivity contribution in [3.63, 3.8) is 0 Å². The lowest BCUT2D eigenvalue weighted by Crippen LogP contribution is -2.57. The van der Waals surface area contributed by atoms with E-state index in [0.717, 1.165) is 19.0 Å². The highest BCUT2D eigenvalue weighted by atomic mass is 16.1. The van der Waals surface area contributed by atoms with Crippen molar-refractivity contribution in [3.8, 4) is 0 Å². The molecule has 1 unspecified atom stereocenters. The third kappa shape index (κ3) is 2.99. The zero-order valence-electron chi connectivity index (χ0n) is 10.5. The van der Waals surface area contributed by atoms with Gasteiger partial charge in [0.1, 0.15) is 0 Å². The summed E-state index contributed by atoms with van der Waals surface area (Å²) in [6.07, 6.45) is 5.76. The number of nitrogens with one attached hydrogen (secondary N) is 2. The molecule has 4 rings (SSSR count). The lowest BCUT2D eigenvalue weighted by atomic mass is 9.84. The molecule has 0 spiro atoms. The smallest absolute Gasteiger partial charge is 0.221 e.